The number of ether oxygens (including phenoxy) is 2. The summed E-state index contributed by atoms with van der Waals surface area (Å²) in [7, 11) is 0. The molecule has 0 spiro atoms. The van der Waals surface area contributed by atoms with Gasteiger partial charge in [0.1, 0.15) is 11.5 Å². The van der Waals surface area contributed by atoms with Crippen molar-refractivity contribution >= 4 is 11.9 Å². The number of anilines is 1. The monoisotopic (exact) mass is 517 g/mol. The summed E-state index contributed by atoms with van der Waals surface area (Å²) in [6, 6.07) is 12.9. The molecule has 7 nitrogen and oxygen atoms in total. The minimum absolute atomic E-state index is 0.274. The zero-order valence-electron chi connectivity index (χ0n) is 21.1. The molecular weight excluding hydrogens is 487 g/mol. The normalized spacial score (nSPS) is 11.9. The van der Waals surface area contributed by atoms with E-state index in [9.17, 15) is 23.1 Å². The standard InChI is InChI=1S/C27H30F3N3O4/c1-18(2)21-15-31-25(32-16-21)33(17-20-7-11-23(12-8-20)37-27(28,29)30)14-13-19-5-9-22(10-6-19)36-26(3,4)24(34)35/h5-12,15-16,18H,13-14,17H2,1-4H3,(H,34,35). The van der Waals surface area contributed by atoms with Gasteiger partial charge in [-0.1, -0.05) is 38.1 Å². The fourth-order valence-corrected chi connectivity index (χ4v) is 3.39. The van der Waals surface area contributed by atoms with Gasteiger partial charge in [0.05, 0.1) is 0 Å². The molecule has 10 heteroatoms. The summed E-state index contributed by atoms with van der Waals surface area (Å²) in [4.78, 5) is 22.3. The van der Waals surface area contributed by atoms with Crippen LogP contribution in [0.1, 0.15) is 50.3 Å². The molecule has 0 bridgehead atoms. The van der Waals surface area contributed by atoms with Crippen molar-refractivity contribution in [2.24, 2.45) is 0 Å². The van der Waals surface area contributed by atoms with Gasteiger partial charge in [-0.2, -0.15) is 0 Å². The van der Waals surface area contributed by atoms with E-state index < -0.39 is 17.9 Å². The summed E-state index contributed by atoms with van der Waals surface area (Å²) >= 11 is 0. The molecule has 1 aromatic heterocycles. The molecule has 0 aliphatic carbocycles. The second-order valence-electron chi connectivity index (χ2n) is 9.40. The van der Waals surface area contributed by atoms with Crippen molar-refractivity contribution in [2.75, 3.05) is 11.4 Å². The number of carboxylic acid groups (broad SMARTS) is 1. The molecular formula is C27H30F3N3O4. The number of nitrogens with zero attached hydrogens (tertiary/aromatic N) is 3. The highest BCUT2D eigenvalue weighted by atomic mass is 19.4. The molecule has 1 heterocycles. The van der Waals surface area contributed by atoms with Crippen LogP contribution in [0.15, 0.2) is 60.9 Å². The van der Waals surface area contributed by atoms with Gasteiger partial charge < -0.3 is 19.5 Å². The Bertz CT molecular complexity index is 1160. The lowest BCUT2D eigenvalue weighted by atomic mass is 10.1. The second kappa shape index (κ2) is 11.5. The number of carbonyl (C=O) groups is 1. The third-order valence-electron chi connectivity index (χ3n) is 5.62. The van der Waals surface area contributed by atoms with Gasteiger partial charge in [0.25, 0.3) is 0 Å². The summed E-state index contributed by atoms with van der Waals surface area (Å²) < 4.78 is 47.0. The number of aliphatic carboxylic acids is 1. The number of halogens is 3. The summed E-state index contributed by atoms with van der Waals surface area (Å²) in [5.74, 6) is -0.122. The number of hydrogen-bond donors (Lipinski definition) is 1. The van der Waals surface area contributed by atoms with Crippen molar-refractivity contribution in [2.45, 2.75) is 58.5 Å². The van der Waals surface area contributed by atoms with Crippen LogP contribution in [-0.4, -0.2) is 39.6 Å². The molecule has 0 fully saturated rings. The maximum Gasteiger partial charge on any atom is 0.573 e. The van der Waals surface area contributed by atoms with E-state index in [4.69, 9.17) is 4.74 Å². The van der Waals surface area contributed by atoms with Crippen LogP contribution in [0.2, 0.25) is 0 Å². The first-order valence-corrected chi connectivity index (χ1v) is 11.8. The Morgan fingerprint density at radius 2 is 1.43 bits per heavy atom. The molecule has 0 amide bonds. The molecule has 37 heavy (non-hydrogen) atoms. The van der Waals surface area contributed by atoms with Crippen molar-refractivity contribution in [1.29, 1.82) is 0 Å². The predicted molar refractivity (Wildman–Crippen MR) is 133 cm³/mol. The van der Waals surface area contributed by atoms with E-state index in [1.165, 1.54) is 26.0 Å². The number of aromatic nitrogens is 2. The van der Waals surface area contributed by atoms with Crippen molar-refractivity contribution in [3.05, 3.63) is 77.6 Å². The lowest BCUT2D eigenvalue weighted by Crippen LogP contribution is -2.37. The molecule has 198 valence electrons. The third-order valence-corrected chi connectivity index (χ3v) is 5.62. The van der Waals surface area contributed by atoms with Crippen LogP contribution in [0.3, 0.4) is 0 Å². The molecule has 0 atom stereocenters. The number of carboxylic acids is 1. The molecule has 3 aromatic rings. The van der Waals surface area contributed by atoms with Crippen LogP contribution in [0.25, 0.3) is 0 Å². The SMILES string of the molecule is CC(C)c1cnc(N(CCc2ccc(OC(C)(C)C(=O)O)cc2)Cc2ccc(OC(F)(F)F)cc2)nc1. The van der Waals surface area contributed by atoms with Crippen LogP contribution in [0.4, 0.5) is 19.1 Å². The van der Waals surface area contributed by atoms with E-state index in [0.29, 0.717) is 31.2 Å². The van der Waals surface area contributed by atoms with E-state index in [1.54, 1.807) is 36.7 Å². The topological polar surface area (TPSA) is 84.8 Å². The van der Waals surface area contributed by atoms with Gasteiger partial charge in [-0.25, -0.2) is 14.8 Å². The van der Waals surface area contributed by atoms with E-state index >= 15 is 0 Å². The molecule has 0 unspecified atom stereocenters. The molecule has 0 saturated carbocycles. The Hall–Kier alpha value is -3.82. The number of alkyl halides is 3. The maximum absolute atomic E-state index is 12.5. The Balaban J connectivity index is 1.74. The fraction of sp³-hybridized carbons (Fsp3) is 0.370. The van der Waals surface area contributed by atoms with E-state index in [-0.39, 0.29) is 11.7 Å². The quantitative estimate of drug-likeness (QED) is 0.334. The number of hydrogen-bond acceptors (Lipinski definition) is 6. The van der Waals surface area contributed by atoms with Crippen molar-refractivity contribution in [3.8, 4) is 11.5 Å². The molecule has 0 radical (unpaired) electrons. The largest absolute Gasteiger partial charge is 0.573 e. The van der Waals surface area contributed by atoms with E-state index in [0.717, 1.165) is 16.7 Å². The van der Waals surface area contributed by atoms with Gasteiger partial charge in [-0.15, -0.1) is 13.2 Å². The highest BCUT2D eigenvalue weighted by Crippen LogP contribution is 2.24. The summed E-state index contributed by atoms with van der Waals surface area (Å²) in [5.41, 5.74) is 1.40. The van der Waals surface area contributed by atoms with Crippen LogP contribution in [0, 0.1) is 0 Å². The van der Waals surface area contributed by atoms with E-state index in [1.807, 2.05) is 30.9 Å². The van der Waals surface area contributed by atoms with Crippen molar-refractivity contribution < 1.29 is 32.5 Å². The van der Waals surface area contributed by atoms with Crippen LogP contribution in [-0.2, 0) is 17.8 Å². The summed E-state index contributed by atoms with van der Waals surface area (Å²) in [6.07, 6.45) is -0.579. The smallest absolute Gasteiger partial charge is 0.478 e. The molecule has 0 saturated heterocycles. The average molecular weight is 518 g/mol. The first kappa shape index (κ1) is 27.8. The first-order chi connectivity index (χ1) is 17.3. The number of benzene rings is 2. The predicted octanol–water partition coefficient (Wildman–Crippen LogP) is 5.99. The van der Waals surface area contributed by atoms with Gasteiger partial charge in [0.15, 0.2) is 5.60 Å². The molecule has 2 aromatic carbocycles. The minimum atomic E-state index is -4.75. The van der Waals surface area contributed by atoms with Crippen molar-refractivity contribution in [3.63, 3.8) is 0 Å². The molecule has 3 rings (SSSR count). The lowest BCUT2D eigenvalue weighted by molar-refractivity contribution is -0.274. The minimum Gasteiger partial charge on any atom is -0.478 e. The van der Waals surface area contributed by atoms with Crippen LogP contribution in [0.5, 0.6) is 11.5 Å². The molecule has 1 N–H and O–H groups in total. The lowest BCUT2D eigenvalue weighted by Gasteiger charge is -2.24. The second-order valence-corrected chi connectivity index (χ2v) is 9.40. The van der Waals surface area contributed by atoms with Gasteiger partial charge >= 0.3 is 12.3 Å². The Morgan fingerprint density at radius 3 is 1.92 bits per heavy atom. The Labute approximate surface area is 213 Å². The highest BCUT2D eigenvalue weighted by molar-refractivity contribution is 5.76. The van der Waals surface area contributed by atoms with Crippen LogP contribution >= 0.6 is 0 Å². The Kier molecular flexibility index (Phi) is 8.62. The first-order valence-electron chi connectivity index (χ1n) is 11.8. The molecule has 0 aliphatic rings. The zero-order chi connectivity index (χ0) is 27.2. The Morgan fingerprint density at radius 1 is 0.919 bits per heavy atom. The van der Waals surface area contributed by atoms with Gasteiger partial charge in [-0.3, -0.25) is 0 Å². The van der Waals surface area contributed by atoms with Gasteiger partial charge in [-0.05, 0) is 67.1 Å². The summed E-state index contributed by atoms with van der Waals surface area (Å²) in [5, 5.41) is 9.24. The van der Waals surface area contributed by atoms with E-state index in [2.05, 4.69) is 14.7 Å². The van der Waals surface area contributed by atoms with Gasteiger partial charge in [0, 0.05) is 25.5 Å². The zero-order valence-corrected chi connectivity index (χ0v) is 21.1. The average Bonchev–Trinajstić information content (AvgIpc) is 2.82. The molecule has 0 aliphatic heterocycles. The maximum atomic E-state index is 12.5. The number of rotatable bonds is 11. The highest BCUT2D eigenvalue weighted by Gasteiger charge is 2.31. The third kappa shape index (κ3) is 8.37. The fourth-order valence-electron chi connectivity index (χ4n) is 3.39. The van der Waals surface area contributed by atoms with Gasteiger partial charge in [0.2, 0.25) is 5.95 Å². The summed E-state index contributed by atoms with van der Waals surface area (Å²) in [6.45, 7) is 7.96. The van der Waals surface area contributed by atoms with Crippen LogP contribution < -0.4 is 14.4 Å². The van der Waals surface area contributed by atoms with Crippen molar-refractivity contribution in [1.82, 2.24) is 9.97 Å².